The molecule has 5 rings (SSSR count). The number of rotatable bonds is 9. The quantitative estimate of drug-likeness (QED) is 0.217. The first-order chi connectivity index (χ1) is 19.9. The van der Waals surface area contributed by atoms with Gasteiger partial charge in [0, 0.05) is 36.0 Å². The molecule has 9 nitrogen and oxygen atoms in total. The molecular weight excluding hydrogens is 542 g/mol. The van der Waals surface area contributed by atoms with Crippen molar-refractivity contribution >= 4 is 35.3 Å². The number of hydrogen-bond donors (Lipinski definition) is 0. The number of ether oxygens (including phenoxy) is 1. The van der Waals surface area contributed by atoms with E-state index >= 15 is 0 Å². The maximum absolute atomic E-state index is 13.8. The topological polar surface area (TPSA) is 107 Å². The van der Waals surface area contributed by atoms with Crippen LogP contribution in [0.15, 0.2) is 79.1 Å². The molecule has 0 aliphatic carbocycles. The van der Waals surface area contributed by atoms with Crippen LogP contribution in [0.4, 0.5) is 0 Å². The Balaban J connectivity index is 1.37. The van der Waals surface area contributed by atoms with Gasteiger partial charge in [-0.05, 0) is 69.8 Å². The number of Topliss-reactive ketones (excluding diaryl/α,β-unsaturated/α-hetero) is 1. The van der Waals surface area contributed by atoms with Gasteiger partial charge >= 0.3 is 5.97 Å². The lowest BCUT2D eigenvalue weighted by atomic mass is 9.88. The molecule has 0 fully saturated rings. The zero-order chi connectivity index (χ0) is 28.8. The molecule has 0 N–H and O–H groups in total. The number of halogens is 1. The van der Waals surface area contributed by atoms with Crippen LogP contribution in [0.25, 0.3) is 11.8 Å². The molecule has 0 saturated heterocycles. The van der Waals surface area contributed by atoms with E-state index < -0.39 is 6.04 Å². The van der Waals surface area contributed by atoms with Crippen LogP contribution in [0, 0.1) is 0 Å². The van der Waals surface area contributed by atoms with Gasteiger partial charge in [0.05, 0.1) is 12.8 Å². The van der Waals surface area contributed by atoms with E-state index in [9.17, 15) is 14.4 Å². The van der Waals surface area contributed by atoms with E-state index in [0.717, 1.165) is 22.3 Å². The number of ketones is 1. The molecule has 41 heavy (non-hydrogen) atoms. The Bertz CT molecular complexity index is 1580. The highest BCUT2D eigenvalue weighted by Gasteiger charge is 2.34. The highest BCUT2D eigenvalue weighted by Crippen LogP contribution is 2.32. The van der Waals surface area contributed by atoms with Crippen LogP contribution in [0.5, 0.6) is 0 Å². The second-order valence-electron chi connectivity index (χ2n) is 9.71. The molecule has 0 radical (unpaired) electrons. The van der Waals surface area contributed by atoms with E-state index in [1.54, 1.807) is 29.2 Å². The van der Waals surface area contributed by atoms with Crippen molar-refractivity contribution in [2.24, 2.45) is 0 Å². The predicted octanol–water partition coefficient (Wildman–Crippen LogP) is 4.37. The highest BCUT2D eigenvalue weighted by molar-refractivity contribution is 6.30. The summed E-state index contributed by atoms with van der Waals surface area (Å²) in [6.07, 6.45) is 6.27. The molecule has 2 heterocycles. The fourth-order valence-electron chi connectivity index (χ4n) is 5.02. The van der Waals surface area contributed by atoms with Crippen molar-refractivity contribution in [2.45, 2.75) is 31.7 Å². The molecule has 4 aromatic rings. The standard InChI is InChI=1S/C31H28ClN5O4/c1-41-30(40)15-10-21-6-8-22(9-7-21)18-28(38)31-26-5-3-2-4-23(26)16-17-36(31)29(39)14-11-24-19-25(32)12-13-27(24)37-20-33-34-35-37/h2-9,11-14,19-20,31H,10,15-18H2,1H3/b14-11+/t31-/m0/s1. The molecule has 1 aromatic heterocycles. The van der Waals surface area contributed by atoms with Gasteiger partial charge in [-0.3, -0.25) is 14.4 Å². The van der Waals surface area contributed by atoms with Gasteiger partial charge in [0.2, 0.25) is 5.91 Å². The number of nitrogens with zero attached hydrogens (tertiary/aromatic N) is 5. The molecule has 1 aliphatic rings. The Morgan fingerprint density at radius 3 is 2.59 bits per heavy atom. The van der Waals surface area contributed by atoms with Gasteiger partial charge in [0.25, 0.3) is 0 Å². The summed E-state index contributed by atoms with van der Waals surface area (Å²) in [6.45, 7) is 0.415. The van der Waals surface area contributed by atoms with Crippen LogP contribution >= 0.6 is 11.6 Å². The average molecular weight is 570 g/mol. The number of carbonyl (C=O) groups excluding carboxylic acids is 3. The van der Waals surface area contributed by atoms with Crippen molar-refractivity contribution in [1.29, 1.82) is 0 Å². The van der Waals surface area contributed by atoms with E-state index in [1.165, 1.54) is 24.2 Å². The third-order valence-corrected chi connectivity index (χ3v) is 7.34. The van der Waals surface area contributed by atoms with E-state index in [2.05, 4.69) is 15.5 Å². The van der Waals surface area contributed by atoms with Crippen molar-refractivity contribution in [3.05, 3.63) is 112 Å². The summed E-state index contributed by atoms with van der Waals surface area (Å²) in [5.74, 6) is -0.613. The lowest BCUT2D eigenvalue weighted by Crippen LogP contribution is -2.43. The number of carbonyl (C=O) groups is 3. The SMILES string of the molecule is COC(=O)CCc1ccc(CC(=O)[C@@H]2c3ccccc3CCN2C(=O)/C=C/c2cc(Cl)ccc2-n2cnnn2)cc1. The number of benzene rings is 3. The molecule has 0 bridgehead atoms. The zero-order valence-corrected chi connectivity index (χ0v) is 23.2. The summed E-state index contributed by atoms with van der Waals surface area (Å²) in [7, 11) is 1.37. The number of esters is 1. The maximum Gasteiger partial charge on any atom is 0.305 e. The number of tetrazole rings is 1. The molecule has 0 unspecified atom stereocenters. The van der Waals surface area contributed by atoms with Gasteiger partial charge in [-0.2, -0.15) is 4.68 Å². The molecule has 3 aromatic carbocycles. The minimum absolute atomic E-state index is 0.0710. The molecular formula is C31H28ClN5O4. The molecule has 1 aliphatic heterocycles. The van der Waals surface area contributed by atoms with Crippen molar-refractivity contribution < 1.29 is 19.1 Å². The van der Waals surface area contributed by atoms with Gasteiger partial charge in [0.15, 0.2) is 5.78 Å². The van der Waals surface area contributed by atoms with Gasteiger partial charge in [-0.25, -0.2) is 0 Å². The number of hydrogen-bond acceptors (Lipinski definition) is 7. The van der Waals surface area contributed by atoms with E-state index in [0.29, 0.717) is 42.1 Å². The van der Waals surface area contributed by atoms with Crippen LogP contribution in [0.2, 0.25) is 5.02 Å². The first kappa shape index (κ1) is 27.9. The zero-order valence-electron chi connectivity index (χ0n) is 22.4. The molecule has 208 valence electrons. The lowest BCUT2D eigenvalue weighted by molar-refractivity contribution is -0.140. The van der Waals surface area contributed by atoms with Gasteiger partial charge < -0.3 is 9.64 Å². The van der Waals surface area contributed by atoms with Crippen molar-refractivity contribution in [3.63, 3.8) is 0 Å². The summed E-state index contributed by atoms with van der Waals surface area (Å²) in [5, 5.41) is 11.8. The second kappa shape index (κ2) is 12.7. The fraction of sp³-hybridized carbons (Fsp3) is 0.226. The van der Waals surface area contributed by atoms with Crippen LogP contribution in [0.1, 0.15) is 40.3 Å². The maximum atomic E-state index is 13.8. The Morgan fingerprint density at radius 2 is 1.83 bits per heavy atom. The Kier molecular flexibility index (Phi) is 8.64. The van der Waals surface area contributed by atoms with Crippen molar-refractivity contribution in [2.75, 3.05) is 13.7 Å². The molecule has 0 spiro atoms. The van der Waals surface area contributed by atoms with E-state index in [4.69, 9.17) is 16.3 Å². The minimum atomic E-state index is -0.713. The summed E-state index contributed by atoms with van der Waals surface area (Å²) in [5.41, 5.74) is 5.05. The monoisotopic (exact) mass is 569 g/mol. The van der Waals surface area contributed by atoms with Gasteiger partial charge in [-0.15, -0.1) is 5.10 Å². The molecule has 1 atom stereocenters. The summed E-state index contributed by atoms with van der Waals surface area (Å²) in [4.78, 5) is 40.5. The molecule has 1 amide bonds. The van der Waals surface area contributed by atoms with Crippen LogP contribution in [-0.2, 0) is 38.4 Å². The number of fused-ring (bicyclic) bond motifs is 1. The largest absolute Gasteiger partial charge is 0.469 e. The number of aryl methyl sites for hydroxylation is 1. The molecule has 10 heteroatoms. The van der Waals surface area contributed by atoms with E-state index in [1.807, 2.05) is 48.5 Å². The average Bonchev–Trinajstić information content (AvgIpc) is 3.53. The van der Waals surface area contributed by atoms with Crippen LogP contribution in [-0.4, -0.2) is 56.4 Å². The highest BCUT2D eigenvalue weighted by atomic mass is 35.5. The number of methoxy groups -OCH3 is 1. The Hall–Kier alpha value is -4.63. The minimum Gasteiger partial charge on any atom is -0.469 e. The summed E-state index contributed by atoms with van der Waals surface area (Å²) in [6, 6.07) is 19.9. The predicted molar refractivity (Wildman–Crippen MR) is 153 cm³/mol. The third kappa shape index (κ3) is 6.58. The fourth-order valence-corrected chi connectivity index (χ4v) is 5.20. The van der Waals surface area contributed by atoms with Crippen molar-refractivity contribution in [3.8, 4) is 5.69 Å². The summed E-state index contributed by atoms with van der Waals surface area (Å²) < 4.78 is 6.20. The normalized spacial score (nSPS) is 14.6. The van der Waals surface area contributed by atoms with Crippen LogP contribution < -0.4 is 0 Å². The number of amides is 1. The third-order valence-electron chi connectivity index (χ3n) is 7.11. The second-order valence-corrected chi connectivity index (χ2v) is 10.1. The first-order valence-corrected chi connectivity index (χ1v) is 13.6. The van der Waals surface area contributed by atoms with Crippen LogP contribution in [0.3, 0.4) is 0 Å². The Labute approximate surface area is 242 Å². The lowest BCUT2D eigenvalue weighted by Gasteiger charge is -2.36. The Morgan fingerprint density at radius 1 is 1.05 bits per heavy atom. The van der Waals surface area contributed by atoms with E-state index in [-0.39, 0.29) is 24.1 Å². The van der Waals surface area contributed by atoms with Crippen molar-refractivity contribution in [1.82, 2.24) is 25.1 Å². The van der Waals surface area contributed by atoms with Gasteiger partial charge in [0.1, 0.15) is 12.4 Å². The smallest absolute Gasteiger partial charge is 0.305 e. The first-order valence-electron chi connectivity index (χ1n) is 13.2. The summed E-state index contributed by atoms with van der Waals surface area (Å²) >= 11 is 6.23. The number of aromatic nitrogens is 4. The molecule has 0 saturated carbocycles. The van der Waals surface area contributed by atoms with Gasteiger partial charge in [-0.1, -0.05) is 60.1 Å².